The summed E-state index contributed by atoms with van der Waals surface area (Å²) in [6.07, 6.45) is 9.50. The van der Waals surface area contributed by atoms with Crippen LogP contribution in [0.15, 0.2) is 18.3 Å². The minimum Gasteiger partial charge on any atom is -0.397 e. The van der Waals surface area contributed by atoms with E-state index in [2.05, 4.69) is 10.3 Å². The van der Waals surface area contributed by atoms with Gasteiger partial charge >= 0.3 is 0 Å². The molecule has 5 nitrogen and oxygen atoms in total. The molecule has 0 atom stereocenters. The Morgan fingerprint density at radius 3 is 2.59 bits per heavy atom. The van der Waals surface area contributed by atoms with Gasteiger partial charge in [-0.1, -0.05) is 12.8 Å². The van der Waals surface area contributed by atoms with Crippen LogP contribution in [0.5, 0.6) is 0 Å². The molecular formula is C17H26N4O. The molecule has 2 aliphatic rings. The zero-order chi connectivity index (χ0) is 15.4. The van der Waals surface area contributed by atoms with Gasteiger partial charge < -0.3 is 16.0 Å². The summed E-state index contributed by atoms with van der Waals surface area (Å²) in [5.41, 5.74) is 6.32. The maximum Gasteiger partial charge on any atom is 0.222 e. The first-order valence-electron chi connectivity index (χ1n) is 8.46. The normalized spacial score (nSPS) is 20.3. The lowest BCUT2D eigenvalue weighted by Gasteiger charge is -2.33. The zero-order valence-corrected chi connectivity index (χ0v) is 13.1. The van der Waals surface area contributed by atoms with E-state index in [4.69, 9.17) is 5.73 Å². The molecule has 3 N–H and O–H groups in total. The van der Waals surface area contributed by atoms with Crippen molar-refractivity contribution in [2.24, 2.45) is 5.92 Å². The quantitative estimate of drug-likeness (QED) is 0.897. The van der Waals surface area contributed by atoms with Crippen molar-refractivity contribution < 1.29 is 4.79 Å². The molecule has 0 radical (unpaired) electrons. The van der Waals surface area contributed by atoms with Gasteiger partial charge in [0.2, 0.25) is 5.91 Å². The molecule has 1 aliphatic carbocycles. The van der Waals surface area contributed by atoms with Crippen LogP contribution in [-0.2, 0) is 4.79 Å². The number of likely N-dealkylation sites (tertiary alicyclic amines) is 1. The first-order valence-corrected chi connectivity index (χ1v) is 8.46. The molecule has 1 aromatic rings. The number of piperidine rings is 1. The third kappa shape index (κ3) is 3.90. The Labute approximate surface area is 132 Å². The van der Waals surface area contributed by atoms with Crippen molar-refractivity contribution in [1.29, 1.82) is 0 Å². The second-order valence-corrected chi connectivity index (χ2v) is 6.63. The monoisotopic (exact) mass is 302 g/mol. The topological polar surface area (TPSA) is 71.2 Å². The smallest absolute Gasteiger partial charge is 0.222 e. The van der Waals surface area contributed by atoms with E-state index >= 15 is 0 Å². The number of hydrogen-bond acceptors (Lipinski definition) is 4. The maximum atomic E-state index is 12.3. The van der Waals surface area contributed by atoms with E-state index < -0.39 is 0 Å². The van der Waals surface area contributed by atoms with E-state index in [0.29, 0.717) is 23.6 Å². The van der Waals surface area contributed by atoms with Crippen LogP contribution in [0.3, 0.4) is 0 Å². The van der Waals surface area contributed by atoms with Crippen LogP contribution in [0.1, 0.15) is 44.9 Å². The number of hydrogen-bond donors (Lipinski definition) is 2. The summed E-state index contributed by atoms with van der Waals surface area (Å²) in [6.45, 7) is 1.72. The van der Waals surface area contributed by atoms with Crippen LogP contribution in [0.4, 0.5) is 11.5 Å². The van der Waals surface area contributed by atoms with Crippen molar-refractivity contribution in [3.63, 3.8) is 0 Å². The van der Waals surface area contributed by atoms with E-state index in [1.807, 2.05) is 17.0 Å². The van der Waals surface area contributed by atoms with Crippen LogP contribution in [0.25, 0.3) is 0 Å². The Balaban J connectivity index is 1.43. The summed E-state index contributed by atoms with van der Waals surface area (Å²) in [6, 6.07) is 4.16. The van der Waals surface area contributed by atoms with Gasteiger partial charge in [0, 0.05) is 25.6 Å². The summed E-state index contributed by atoms with van der Waals surface area (Å²) < 4.78 is 0. The highest BCUT2D eigenvalue weighted by Gasteiger charge is 2.26. The summed E-state index contributed by atoms with van der Waals surface area (Å²) in [5, 5.41) is 3.44. The van der Waals surface area contributed by atoms with Crippen molar-refractivity contribution in [3.8, 4) is 0 Å². The number of anilines is 2. The third-order valence-electron chi connectivity index (χ3n) is 4.92. The molecule has 2 fully saturated rings. The van der Waals surface area contributed by atoms with Crippen molar-refractivity contribution in [2.45, 2.75) is 51.0 Å². The Morgan fingerprint density at radius 1 is 1.23 bits per heavy atom. The van der Waals surface area contributed by atoms with Crippen LogP contribution in [0, 0.1) is 5.92 Å². The standard InChI is InChI=1S/C17H26N4O/c18-14-5-6-16(19-12-14)20-15-7-9-21(10-8-15)17(22)11-13-3-1-2-4-13/h5-6,12-13,15H,1-4,7-11,18H2,(H,19,20). The number of carbonyl (C=O) groups excluding carboxylic acids is 1. The van der Waals surface area contributed by atoms with Crippen molar-refractivity contribution in [2.75, 3.05) is 24.1 Å². The van der Waals surface area contributed by atoms with Gasteiger partial charge in [-0.25, -0.2) is 4.98 Å². The number of nitrogens with two attached hydrogens (primary N) is 1. The lowest BCUT2D eigenvalue weighted by molar-refractivity contribution is -0.133. The number of carbonyl (C=O) groups is 1. The van der Waals surface area contributed by atoms with E-state index in [9.17, 15) is 4.79 Å². The first kappa shape index (κ1) is 15.1. The van der Waals surface area contributed by atoms with Gasteiger partial charge in [-0.3, -0.25) is 4.79 Å². The average molecular weight is 302 g/mol. The predicted molar refractivity (Wildman–Crippen MR) is 88.4 cm³/mol. The minimum absolute atomic E-state index is 0.357. The highest BCUT2D eigenvalue weighted by atomic mass is 16.2. The van der Waals surface area contributed by atoms with E-state index in [-0.39, 0.29) is 0 Å². The Hall–Kier alpha value is -1.78. The highest BCUT2D eigenvalue weighted by Crippen LogP contribution is 2.28. The Bertz CT molecular complexity index is 488. The third-order valence-corrected chi connectivity index (χ3v) is 4.92. The van der Waals surface area contributed by atoms with Crippen LogP contribution < -0.4 is 11.1 Å². The molecule has 1 aliphatic heterocycles. The van der Waals surface area contributed by atoms with Crippen LogP contribution in [0.2, 0.25) is 0 Å². The number of nitrogen functional groups attached to an aromatic ring is 1. The molecule has 3 rings (SSSR count). The van der Waals surface area contributed by atoms with Crippen LogP contribution >= 0.6 is 0 Å². The van der Waals surface area contributed by atoms with Crippen molar-refractivity contribution in [3.05, 3.63) is 18.3 Å². The number of aromatic nitrogens is 1. The zero-order valence-electron chi connectivity index (χ0n) is 13.1. The summed E-state index contributed by atoms with van der Waals surface area (Å²) in [7, 11) is 0. The molecule has 2 heterocycles. The lowest BCUT2D eigenvalue weighted by Crippen LogP contribution is -2.42. The molecule has 1 saturated heterocycles. The van der Waals surface area contributed by atoms with Gasteiger partial charge in [0.1, 0.15) is 5.82 Å². The van der Waals surface area contributed by atoms with Gasteiger partial charge in [-0.2, -0.15) is 0 Å². The van der Waals surface area contributed by atoms with Gasteiger partial charge in [-0.15, -0.1) is 0 Å². The van der Waals surface area contributed by atoms with Gasteiger partial charge in [0.25, 0.3) is 0 Å². The number of rotatable bonds is 4. The first-order chi connectivity index (χ1) is 10.7. The highest BCUT2D eigenvalue weighted by molar-refractivity contribution is 5.76. The van der Waals surface area contributed by atoms with Crippen LogP contribution in [-0.4, -0.2) is 34.9 Å². The number of nitrogens with zero attached hydrogens (tertiary/aromatic N) is 2. The average Bonchev–Trinajstić information content (AvgIpc) is 3.03. The van der Waals surface area contributed by atoms with E-state index in [1.165, 1.54) is 25.7 Å². The summed E-state index contributed by atoms with van der Waals surface area (Å²) in [5.74, 6) is 1.86. The number of nitrogens with one attached hydrogen (secondary N) is 1. The SMILES string of the molecule is Nc1ccc(NC2CCN(C(=O)CC3CCCC3)CC2)nc1. The molecule has 1 amide bonds. The minimum atomic E-state index is 0.357. The molecule has 1 saturated carbocycles. The molecule has 1 aromatic heterocycles. The molecule has 5 heteroatoms. The van der Waals surface area contributed by atoms with E-state index in [0.717, 1.165) is 38.2 Å². The van der Waals surface area contributed by atoms with Gasteiger partial charge in [0.15, 0.2) is 0 Å². The van der Waals surface area contributed by atoms with Crippen molar-refractivity contribution in [1.82, 2.24) is 9.88 Å². The molecule has 120 valence electrons. The Morgan fingerprint density at radius 2 is 1.95 bits per heavy atom. The lowest BCUT2D eigenvalue weighted by atomic mass is 10.0. The van der Waals surface area contributed by atoms with Gasteiger partial charge in [-0.05, 0) is 43.7 Å². The molecular weight excluding hydrogens is 276 g/mol. The van der Waals surface area contributed by atoms with Crippen molar-refractivity contribution >= 4 is 17.4 Å². The molecule has 0 aromatic carbocycles. The van der Waals surface area contributed by atoms with E-state index in [1.54, 1.807) is 6.20 Å². The predicted octanol–water partition coefficient (Wildman–Crippen LogP) is 2.65. The largest absolute Gasteiger partial charge is 0.397 e. The fraction of sp³-hybridized carbons (Fsp3) is 0.647. The second kappa shape index (κ2) is 6.99. The molecule has 0 unspecified atom stereocenters. The Kier molecular flexibility index (Phi) is 4.80. The summed E-state index contributed by atoms with van der Waals surface area (Å²) in [4.78, 5) is 18.7. The fourth-order valence-corrected chi connectivity index (χ4v) is 3.56. The molecule has 0 bridgehead atoms. The second-order valence-electron chi connectivity index (χ2n) is 6.63. The molecule has 0 spiro atoms. The van der Waals surface area contributed by atoms with Gasteiger partial charge in [0.05, 0.1) is 11.9 Å². The number of pyridine rings is 1. The number of amides is 1. The molecule has 22 heavy (non-hydrogen) atoms. The summed E-state index contributed by atoms with van der Waals surface area (Å²) >= 11 is 0. The maximum absolute atomic E-state index is 12.3. The fourth-order valence-electron chi connectivity index (χ4n) is 3.56.